The fourth-order valence-corrected chi connectivity index (χ4v) is 3.86. The van der Waals surface area contributed by atoms with Crippen molar-refractivity contribution in [3.63, 3.8) is 0 Å². The summed E-state index contributed by atoms with van der Waals surface area (Å²) in [6.07, 6.45) is 3.58. The molecular formula is C26H30N6O2. The number of aryl methyl sites for hydroxylation is 3. The molecule has 0 saturated carbocycles. The predicted molar refractivity (Wildman–Crippen MR) is 132 cm³/mol. The molecule has 0 aliphatic rings. The van der Waals surface area contributed by atoms with E-state index in [1.807, 2.05) is 74.0 Å². The van der Waals surface area contributed by atoms with Gasteiger partial charge in [-0.25, -0.2) is 9.97 Å². The van der Waals surface area contributed by atoms with Crippen LogP contribution in [0.2, 0.25) is 0 Å². The largest absolute Gasteiger partial charge is 0.390 e. The van der Waals surface area contributed by atoms with Crippen LogP contribution in [0.3, 0.4) is 0 Å². The molecule has 0 saturated heterocycles. The number of anilines is 1. The number of hydrogen-bond donors (Lipinski definition) is 3. The third kappa shape index (κ3) is 4.98. The number of rotatable bonds is 7. The van der Waals surface area contributed by atoms with Gasteiger partial charge in [-0.15, -0.1) is 10.2 Å². The van der Waals surface area contributed by atoms with E-state index >= 15 is 0 Å². The number of hydrogen-bond acceptors (Lipinski definition) is 7. The molecule has 8 nitrogen and oxygen atoms in total. The lowest BCUT2D eigenvalue weighted by Crippen LogP contribution is -2.35. The van der Waals surface area contributed by atoms with Crippen molar-refractivity contribution < 1.29 is 10.2 Å². The number of pyridine rings is 1. The Hall–Kier alpha value is -3.62. The fraction of sp³-hybridized carbons (Fsp3) is 0.308. The van der Waals surface area contributed by atoms with Crippen LogP contribution in [0.5, 0.6) is 0 Å². The zero-order chi connectivity index (χ0) is 24.5. The number of imidazole rings is 1. The highest BCUT2D eigenvalue weighted by molar-refractivity contribution is 5.60. The van der Waals surface area contributed by atoms with E-state index < -0.39 is 5.60 Å². The van der Waals surface area contributed by atoms with Crippen LogP contribution in [0.4, 0.5) is 5.82 Å². The monoisotopic (exact) mass is 458 g/mol. The van der Waals surface area contributed by atoms with Crippen LogP contribution in [0.15, 0.2) is 55.0 Å². The zero-order valence-electron chi connectivity index (χ0n) is 20.1. The van der Waals surface area contributed by atoms with Gasteiger partial charge in [0.05, 0.1) is 47.3 Å². The molecule has 1 aromatic carbocycles. The summed E-state index contributed by atoms with van der Waals surface area (Å²) in [5, 5.41) is 32.8. The van der Waals surface area contributed by atoms with Gasteiger partial charge < -0.3 is 20.1 Å². The van der Waals surface area contributed by atoms with Gasteiger partial charge in [-0.3, -0.25) is 0 Å². The number of aliphatic hydroxyl groups is 2. The van der Waals surface area contributed by atoms with Gasteiger partial charge in [-0.1, -0.05) is 29.8 Å². The minimum atomic E-state index is -1.03. The van der Waals surface area contributed by atoms with E-state index in [1.54, 1.807) is 20.2 Å². The van der Waals surface area contributed by atoms with Crippen LogP contribution in [-0.2, 0) is 6.61 Å². The summed E-state index contributed by atoms with van der Waals surface area (Å²) in [4.78, 5) is 8.86. The Morgan fingerprint density at radius 1 is 1.00 bits per heavy atom. The third-order valence-electron chi connectivity index (χ3n) is 5.73. The van der Waals surface area contributed by atoms with Crippen LogP contribution in [0.1, 0.15) is 48.0 Å². The molecule has 1 atom stereocenters. The minimum Gasteiger partial charge on any atom is -0.390 e. The average Bonchev–Trinajstić information content (AvgIpc) is 3.24. The van der Waals surface area contributed by atoms with Crippen molar-refractivity contribution in [1.82, 2.24) is 24.7 Å². The van der Waals surface area contributed by atoms with Crippen LogP contribution in [0.25, 0.3) is 17.1 Å². The average molecular weight is 459 g/mol. The van der Waals surface area contributed by atoms with E-state index in [0.29, 0.717) is 22.9 Å². The Kier molecular flexibility index (Phi) is 6.45. The molecule has 4 rings (SSSR count). The van der Waals surface area contributed by atoms with E-state index in [-0.39, 0.29) is 12.6 Å². The second-order valence-electron chi connectivity index (χ2n) is 9.15. The van der Waals surface area contributed by atoms with E-state index in [1.165, 1.54) is 0 Å². The molecule has 0 unspecified atom stereocenters. The Bertz CT molecular complexity index is 1290. The van der Waals surface area contributed by atoms with Crippen molar-refractivity contribution in [2.75, 3.05) is 5.32 Å². The molecule has 34 heavy (non-hydrogen) atoms. The molecule has 0 radical (unpaired) electrons. The zero-order valence-corrected chi connectivity index (χ0v) is 20.1. The SMILES string of the molecule is Cc1ccc([C@@H](Nc2nnc(-c3ccc(-n4cnc(C)c4)c(CO)n3)cc2C)C(C)(C)O)cc1. The molecule has 3 N–H and O–H groups in total. The van der Waals surface area contributed by atoms with Gasteiger partial charge in [0.25, 0.3) is 0 Å². The summed E-state index contributed by atoms with van der Waals surface area (Å²) in [5.74, 6) is 0.587. The van der Waals surface area contributed by atoms with Crippen LogP contribution in [0, 0.1) is 20.8 Å². The Labute approximate surface area is 199 Å². The molecule has 0 bridgehead atoms. The molecular weight excluding hydrogens is 428 g/mol. The molecule has 0 aliphatic heterocycles. The Morgan fingerprint density at radius 2 is 1.74 bits per heavy atom. The molecule has 176 valence electrons. The van der Waals surface area contributed by atoms with Crippen molar-refractivity contribution in [3.05, 3.63) is 83.1 Å². The normalized spacial score (nSPS) is 12.6. The summed E-state index contributed by atoms with van der Waals surface area (Å²) >= 11 is 0. The maximum Gasteiger partial charge on any atom is 0.152 e. The first-order valence-electron chi connectivity index (χ1n) is 11.2. The lowest BCUT2D eigenvalue weighted by molar-refractivity contribution is 0.0587. The summed E-state index contributed by atoms with van der Waals surface area (Å²) in [7, 11) is 0. The van der Waals surface area contributed by atoms with Crippen LogP contribution >= 0.6 is 0 Å². The standard InChI is InChI=1S/C26H30N6O2/c1-16-6-8-19(9-7-16)24(26(4,5)34)29-25-17(2)12-21(30-31-25)20-10-11-23(22(14-33)28-20)32-13-18(3)27-15-32/h6-13,15,24,33-34H,14H2,1-5H3,(H,29,31)/t24-/m1/s1. The fourth-order valence-electron chi connectivity index (χ4n) is 3.86. The van der Waals surface area contributed by atoms with E-state index in [2.05, 4.69) is 25.5 Å². The van der Waals surface area contributed by atoms with Gasteiger partial charge >= 0.3 is 0 Å². The highest BCUT2D eigenvalue weighted by Crippen LogP contribution is 2.31. The summed E-state index contributed by atoms with van der Waals surface area (Å²) in [6, 6.07) is 13.3. The first-order valence-corrected chi connectivity index (χ1v) is 11.2. The van der Waals surface area contributed by atoms with Gasteiger partial charge in [0.1, 0.15) is 5.69 Å². The second-order valence-corrected chi connectivity index (χ2v) is 9.15. The summed E-state index contributed by atoms with van der Waals surface area (Å²) in [6.45, 7) is 9.20. The number of nitrogens with one attached hydrogen (secondary N) is 1. The van der Waals surface area contributed by atoms with E-state index in [0.717, 1.165) is 28.1 Å². The van der Waals surface area contributed by atoms with Crippen molar-refractivity contribution >= 4 is 5.82 Å². The van der Waals surface area contributed by atoms with Crippen LogP contribution < -0.4 is 5.32 Å². The maximum absolute atomic E-state index is 10.8. The van der Waals surface area contributed by atoms with Gasteiger partial charge in [0.15, 0.2) is 5.82 Å². The van der Waals surface area contributed by atoms with Crippen molar-refractivity contribution in [1.29, 1.82) is 0 Å². The lowest BCUT2D eigenvalue weighted by Gasteiger charge is -2.31. The van der Waals surface area contributed by atoms with E-state index in [9.17, 15) is 10.2 Å². The van der Waals surface area contributed by atoms with Gasteiger partial charge in [0, 0.05) is 6.20 Å². The quantitative estimate of drug-likeness (QED) is 0.383. The molecule has 3 heterocycles. The second kappa shape index (κ2) is 9.32. The molecule has 0 amide bonds. The van der Waals surface area contributed by atoms with Crippen LogP contribution in [-0.4, -0.2) is 40.5 Å². The van der Waals surface area contributed by atoms with E-state index in [4.69, 9.17) is 0 Å². The van der Waals surface area contributed by atoms with Gasteiger partial charge in [0.2, 0.25) is 0 Å². The topological polar surface area (TPSA) is 109 Å². The molecule has 0 aliphatic carbocycles. The first-order chi connectivity index (χ1) is 16.2. The Morgan fingerprint density at radius 3 is 2.32 bits per heavy atom. The number of nitrogens with zero attached hydrogens (tertiary/aromatic N) is 5. The highest BCUT2D eigenvalue weighted by atomic mass is 16.3. The van der Waals surface area contributed by atoms with Crippen molar-refractivity contribution in [3.8, 4) is 17.1 Å². The lowest BCUT2D eigenvalue weighted by atomic mass is 9.91. The molecule has 8 heteroatoms. The van der Waals surface area contributed by atoms with Gasteiger partial charge in [-0.2, -0.15) is 0 Å². The first kappa shape index (κ1) is 23.5. The number of aromatic nitrogens is 5. The third-order valence-corrected chi connectivity index (χ3v) is 5.73. The molecule has 0 spiro atoms. The summed E-state index contributed by atoms with van der Waals surface area (Å²) in [5.41, 5.74) is 5.34. The number of benzene rings is 1. The van der Waals surface area contributed by atoms with Crippen molar-refractivity contribution in [2.45, 2.75) is 52.9 Å². The van der Waals surface area contributed by atoms with Crippen molar-refractivity contribution in [2.24, 2.45) is 0 Å². The Balaban J connectivity index is 1.63. The smallest absolute Gasteiger partial charge is 0.152 e. The molecule has 4 aromatic rings. The predicted octanol–water partition coefficient (Wildman–Crippen LogP) is 4.07. The number of aliphatic hydroxyl groups excluding tert-OH is 1. The highest BCUT2D eigenvalue weighted by Gasteiger charge is 2.29. The molecule has 3 aromatic heterocycles. The minimum absolute atomic E-state index is 0.212. The maximum atomic E-state index is 10.8. The van der Waals surface area contributed by atoms with Gasteiger partial charge in [-0.05, 0) is 63.9 Å². The summed E-state index contributed by atoms with van der Waals surface area (Å²) < 4.78 is 1.84. The molecule has 0 fully saturated rings.